The molecule has 1 aliphatic rings. The van der Waals surface area contributed by atoms with Gasteiger partial charge in [-0.1, -0.05) is 37.0 Å². The Morgan fingerprint density at radius 2 is 1.88 bits per heavy atom. The fourth-order valence-corrected chi connectivity index (χ4v) is 2.69. The minimum absolute atomic E-state index is 0. The second-order valence-corrected chi connectivity index (χ2v) is 4.99. The number of nitrogens with two attached hydrogens (primary N) is 1. The van der Waals surface area contributed by atoms with E-state index in [1.165, 1.54) is 37.7 Å². The predicted molar refractivity (Wildman–Crippen MR) is 73.6 cm³/mol. The summed E-state index contributed by atoms with van der Waals surface area (Å²) in [5.74, 6) is 0.894. The van der Waals surface area contributed by atoms with Gasteiger partial charge in [-0.3, -0.25) is 0 Å². The molecule has 1 aliphatic carbocycles. The first-order chi connectivity index (χ1) is 7.68. The summed E-state index contributed by atoms with van der Waals surface area (Å²) < 4.78 is 0. The molecule has 0 saturated heterocycles. The number of aryl methyl sites for hydroxylation is 1. The highest BCUT2D eigenvalue weighted by Gasteiger charge is 2.23. The highest BCUT2D eigenvalue weighted by Crippen LogP contribution is 2.36. The normalized spacial score (nSPS) is 18.5. The van der Waals surface area contributed by atoms with Gasteiger partial charge in [-0.25, -0.2) is 0 Å². The Kier molecular flexibility index (Phi) is 5.29. The lowest BCUT2D eigenvalue weighted by atomic mass is 9.81. The Morgan fingerprint density at radius 3 is 2.53 bits per heavy atom. The first-order valence-corrected chi connectivity index (χ1v) is 6.23. The number of phenols is 1. The standard InChI is InChI=1S/C14H21NO.ClH/c1-10-7-8-13(16)12(9-10)14(15)11-5-3-2-4-6-11;/h7-9,11,14,16H,2-6,15H2,1H3;1H/t14-;/m0./s1. The number of benzene rings is 1. The second-order valence-electron chi connectivity index (χ2n) is 4.99. The molecule has 17 heavy (non-hydrogen) atoms. The smallest absolute Gasteiger partial charge is 0.120 e. The molecule has 3 heteroatoms. The van der Waals surface area contributed by atoms with Gasteiger partial charge in [0.2, 0.25) is 0 Å². The fourth-order valence-electron chi connectivity index (χ4n) is 2.69. The Balaban J connectivity index is 0.00000144. The van der Waals surface area contributed by atoms with E-state index in [2.05, 4.69) is 0 Å². The number of hydrogen-bond donors (Lipinski definition) is 2. The van der Waals surface area contributed by atoms with E-state index in [1.54, 1.807) is 6.07 Å². The van der Waals surface area contributed by atoms with Crippen LogP contribution in [-0.4, -0.2) is 5.11 Å². The Bertz CT molecular complexity index is 361. The van der Waals surface area contributed by atoms with E-state index in [1.807, 2.05) is 19.1 Å². The summed E-state index contributed by atoms with van der Waals surface area (Å²) in [4.78, 5) is 0. The lowest BCUT2D eigenvalue weighted by Crippen LogP contribution is -2.23. The first kappa shape index (κ1) is 14.3. The van der Waals surface area contributed by atoms with Gasteiger partial charge >= 0.3 is 0 Å². The van der Waals surface area contributed by atoms with Gasteiger partial charge in [0.05, 0.1) is 0 Å². The molecule has 0 aromatic heterocycles. The van der Waals surface area contributed by atoms with Crippen LogP contribution in [0.25, 0.3) is 0 Å². The third kappa shape index (κ3) is 3.36. The van der Waals surface area contributed by atoms with E-state index in [-0.39, 0.29) is 18.4 Å². The average Bonchev–Trinajstić information content (AvgIpc) is 2.32. The van der Waals surface area contributed by atoms with Crippen molar-refractivity contribution >= 4 is 12.4 Å². The monoisotopic (exact) mass is 255 g/mol. The Labute approximate surface area is 110 Å². The molecule has 1 aromatic rings. The van der Waals surface area contributed by atoms with Crippen molar-refractivity contribution in [3.63, 3.8) is 0 Å². The van der Waals surface area contributed by atoms with Crippen molar-refractivity contribution in [2.24, 2.45) is 11.7 Å². The Morgan fingerprint density at radius 1 is 1.24 bits per heavy atom. The average molecular weight is 256 g/mol. The number of aromatic hydroxyl groups is 1. The Hall–Kier alpha value is -0.730. The molecule has 0 amide bonds. The molecule has 0 spiro atoms. The molecule has 2 nitrogen and oxygen atoms in total. The van der Waals surface area contributed by atoms with Crippen LogP contribution in [0.1, 0.15) is 49.3 Å². The molecule has 2 rings (SSSR count). The molecule has 0 heterocycles. The van der Waals surface area contributed by atoms with Crippen LogP contribution < -0.4 is 5.73 Å². The molecule has 0 radical (unpaired) electrons. The van der Waals surface area contributed by atoms with Crippen molar-refractivity contribution in [1.29, 1.82) is 0 Å². The van der Waals surface area contributed by atoms with Crippen LogP contribution >= 0.6 is 12.4 Å². The van der Waals surface area contributed by atoms with E-state index in [9.17, 15) is 5.11 Å². The summed E-state index contributed by atoms with van der Waals surface area (Å²) in [7, 11) is 0. The van der Waals surface area contributed by atoms with Crippen LogP contribution in [0.3, 0.4) is 0 Å². The lowest BCUT2D eigenvalue weighted by molar-refractivity contribution is 0.303. The van der Waals surface area contributed by atoms with Crippen molar-refractivity contribution in [1.82, 2.24) is 0 Å². The highest BCUT2D eigenvalue weighted by atomic mass is 35.5. The molecule has 1 aromatic carbocycles. The summed E-state index contributed by atoms with van der Waals surface area (Å²) in [5, 5.41) is 9.86. The van der Waals surface area contributed by atoms with Crippen LogP contribution in [0, 0.1) is 12.8 Å². The van der Waals surface area contributed by atoms with Gasteiger partial charge in [0.25, 0.3) is 0 Å². The predicted octanol–water partition coefficient (Wildman–Crippen LogP) is 3.70. The van der Waals surface area contributed by atoms with Crippen LogP contribution in [0.15, 0.2) is 18.2 Å². The first-order valence-electron chi connectivity index (χ1n) is 6.23. The van der Waals surface area contributed by atoms with Gasteiger partial charge < -0.3 is 10.8 Å². The second kappa shape index (κ2) is 6.27. The zero-order valence-corrected chi connectivity index (χ0v) is 11.2. The van der Waals surface area contributed by atoms with Crippen LogP contribution in [-0.2, 0) is 0 Å². The molecule has 96 valence electrons. The van der Waals surface area contributed by atoms with Gasteiger partial charge in [0.1, 0.15) is 5.75 Å². The molecule has 3 N–H and O–H groups in total. The van der Waals surface area contributed by atoms with E-state index >= 15 is 0 Å². The van der Waals surface area contributed by atoms with Crippen molar-refractivity contribution < 1.29 is 5.11 Å². The van der Waals surface area contributed by atoms with Crippen molar-refractivity contribution in [3.8, 4) is 5.75 Å². The maximum Gasteiger partial charge on any atom is 0.120 e. The zero-order chi connectivity index (χ0) is 11.5. The fraction of sp³-hybridized carbons (Fsp3) is 0.571. The molecule has 1 fully saturated rings. The van der Waals surface area contributed by atoms with Crippen molar-refractivity contribution in [2.45, 2.75) is 45.1 Å². The third-order valence-electron chi connectivity index (χ3n) is 3.70. The maximum absolute atomic E-state index is 9.86. The van der Waals surface area contributed by atoms with Gasteiger partial charge in [-0.15, -0.1) is 12.4 Å². The molecule has 1 atom stereocenters. The maximum atomic E-state index is 9.86. The molecule has 0 aliphatic heterocycles. The molecule has 1 saturated carbocycles. The number of halogens is 1. The SMILES string of the molecule is Cc1ccc(O)c([C@@H](N)C2CCCCC2)c1.Cl. The molecule has 0 unspecified atom stereocenters. The van der Waals surface area contributed by atoms with Gasteiger partial charge in [0.15, 0.2) is 0 Å². The number of rotatable bonds is 2. The molecular formula is C14H22ClNO. The number of hydrogen-bond acceptors (Lipinski definition) is 2. The minimum Gasteiger partial charge on any atom is -0.508 e. The molecular weight excluding hydrogens is 234 g/mol. The quantitative estimate of drug-likeness (QED) is 0.846. The van der Waals surface area contributed by atoms with Crippen LogP contribution in [0.2, 0.25) is 0 Å². The number of phenolic OH excluding ortho intramolecular Hbond substituents is 1. The summed E-state index contributed by atoms with van der Waals surface area (Å²) in [6.07, 6.45) is 6.31. The van der Waals surface area contributed by atoms with E-state index < -0.39 is 0 Å². The van der Waals surface area contributed by atoms with E-state index in [4.69, 9.17) is 5.73 Å². The largest absolute Gasteiger partial charge is 0.508 e. The zero-order valence-electron chi connectivity index (χ0n) is 10.4. The third-order valence-corrected chi connectivity index (χ3v) is 3.70. The van der Waals surface area contributed by atoms with Gasteiger partial charge in [0, 0.05) is 11.6 Å². The highest BCUT2D eigenvalue weighted by molar-refractivity contribution is 5.85. The van der Waals surface area contributed by atoms with Crippen molar-refractivity contribution in [2.75, 3.05) is 0 Å². The van der Waals surface area contributed by atoms with Crippen LogP contribution in [0.5, 0.6) is 5.75 Å². The lowest BCUT2D eigenvalue weighted by Gasteiger charge is -2.28. The van der Waals surface area contributed by atoms with E-state index in [0.29, 0.717) is 11.7 Å². The minimum atomic E-state index is 0. The summed E-state index contributed by atoms with van der Waals surface area (Å²) in [6.45, 7) is 2.04. The summed E-state index contributed by atoms with van der Waals surface area (Å²) in [5.41, 5.74) is 8.37. The van der Waals surface area contributed by atoms with Gasteiger partial charge in [-0.05, 0) is 31.7 Å². The van der Waals surface area contributed by atoms with Crippen LogP contribution in [0.4, 0.5) is 0 Å². The summed E-state index contributed by atoms with van der Waals surface area (Å²) in [6, 6.07) is 5.70. The van der Waals surface area contributed by atoms with Gasteiger partial charge in [-0.2, -0.15) is 0 Å². The topological polar surface area (TPSA) is 46.2 Å². The molecule has 0 bridgehead atoms. The van der Waals surface area contributed by atoms with E-state index in [0.717, 1.165) is 5.56 Å². The van der Waals surface area contributed by atoms with Crippen molar-refractivity contribution in [3.05, 3.63) is 29.3 Å². The summed E-state index contributed by atoms with van der Waals surface area (Å²) >= 11 is 0.